The topological polar surface area (TPSA) is 92.5 Å². The minimum atomic E-state index is 0.534. The molecule has 2 rings (SSSR count). The quantitative estimate of drug-likeness (QED) is 0.761. The number of nitrogen functional groups attached to an aromatic ring is 1. The summed E-state index contributed by atoms with van der Waals surface area (Å²) in [5, 5.41) is 19.6. The molecule has 0 atom stereocenters. The molecule has 0 aliphatic heterocycles. The number of hydrogen-bond donors (Lipinski definition) is 2. The lowest BCUT2D eigenvalue weighted by Gasteiger charge is -2.08. The molecule has 0 bridgehead atoms. The van der Waals surface area contributed by atoms with E-state index in [-0.39, 0.29) is 0 Å². The molecule has 0 saturated heterocycles. The number of aryl methyl sites for hydroxylation is 1. The van der Waals surface area contributed by atoms with Gasteiger partial charge in [-0.3, -0.25) is 0 Å². The van der Waals surface area contributed by atoms with Gasteiger partial charge in [-0.1, -0.05) is 0 Å². The first-order valence-electron chi connectivity index (χ1n) is 5.07. The summed E-state index contributed by atoms with van der Waals surface area (Å²) in [6.45, 7) is 0.534. The molecule has 3 N–H and O–H groups in total. The smallest absolute Gasteiger partial charge is 0.151 e. The van der Waals surface area contributed by atoms with Crippen LogP contribution in [0.2, 0.25) is 0 Å². The van der Waals surface area contributed by atoms with E-state index in [2.05, 4.69) is 15.5 Å². The first kappa shape index (κ1) is 11.0. The molecule has 0 saturated carbocycles. The Bertz CT molecular complexity index is 566. The fraction of sp³-hybridized carbons (Fsp3) is 0.182. The van der Waals surface area contributed by atoms with Crippen molar-refractivity contribution in [2.24, 2.45) is 7.05 Å². The van der Waals surface area contributed by atoms with Crippen LogP contribution in [-0.4, -0.2) is 14.8 Å². The number of nitrogens with two attached hydrogens (primary N) is 1. The fourth-order valence-electron chi connectivity index (χ4n) is 1.43. The van der Waals surface area contributed by atoms with Gasteiger partial charge in [-0.2, -0.15) is 5.26 Å². The van der Waals surface area contributed by atoms with Gasteiger partial charge in [-0.15, -0.1) is 10.2 Å². The molecule has 6 nitrogen and oxygen atoms in total. The van der Waals surface area contributed by atoms with Crippen molar-refractivity contribution in [2.45, 2.75) is 6.54 Å². The molecular weight excluding hydrogens is 216 g/mol. The summed E-state index contributed by atoms with van der Waals surface area (Å²) >= 11 is 0. The molecule has 17 heavy (non-hydrogen) atoms. The minimum Gasteiger partial charge on any atom is -0.397 e. The van der Waals surface area contributed by atoms with E-state index in [0.717, 1.165) is 11.5 Å². The van der Waals surface area contributed by atoms with Crippen LogP contribution < -0.4 is 11.1 Å². The number of anilines is 2. The van der Waals surface area contributed by atoms with Gasteiger partial charge in [-0.05, 0) is 18.2 Å². The van der Waals surface area contributed by atoms with Crippen molar-refractivity contribution < 1.29 is 0 Å². The summed E-state index contributed by atoms with van der Waals surface area (Å²) in [7, 11) is 1.87. The van der Waals surface area contributed by atoms with Gasteiger partial charge in [0, 0.05) is 7.05 Å². The number of nitrogens with zero attached hydrogens (tertiary/aromatic N) is 4. The maximum Gasteiger partial charge on any atom is 0.151 e. The van der Waals surface area contributed by atoms with Gasteiger partial charge in [0.25, 0.3) is 0 Å². The van der Waals surface area contributed by atoms with E-state index in [4.69, 9.17) is 11.0 Å². The highest BCUT2D eigenvalue weighted by molar-refractivity contribution is 5.68. The first-order chi connectivity index (χ1) is 8.20. The van der Waals surface area contributed by atoms with Crippen molar-refractivity contribution in [3.8, 4) is 6.07 Å². The van der Waals surface area contributed by atoms with Gasteiger partial charge in [0.05, 0.1) is 29.6 Å². The predicted molar refractivity (Wildman–Crippen MR) is 63.9 cm³/mol. The molecule has 0 aliphatic carbocycles. The zero-order valence-corrected chi connectivity index (χ0v) is 9.38. The van der Waals surface area contributed by atoms with Crippen molar-refractivity contribution in [1.82, 2.24) is 14.8 Å². The third-order valence-corrected chi connectivity index (χ3v) is 2.42. The van der Waals surface area contributed by atoms with E-state index in [1.807, 2.05) is 17.7 Å². The lowest BCUT2D eigenvalue weighted by molar-refractivity contribution is 0.812. The van der Waals surface area contributed by atoms with Gasteiger partial charge in [-0.25, -0.2) is 0 Å². The van der Waals surface area contributed by atoms with E-state index in [1.54, 1.807) is 24.5 Å². The van der Waals surface area contributed by atoms with Crippen LogP contribution in [0.3, 0.4) is 0 Å². The second kappa shape index (κ2) is 4.53. The van der Waals surface area contributed by atoms with Crippen LogP contribution in [0.25, 0.3) is 0 Å². The van der Waals surface area contributed by atoms with Crippen molar-refractivity contribution in [1.29, 1.82) is 5.26 Å². The van der Waals surface area contributed by atoms with Gasteiger partial charge in [0.1, 0.15) is 6.33 Å². The van der Waals surface area contributed by atoms with Crippen molar-refractivity contribution in [3.63, 3.8) is 0 Å². The van der Waals surface area contributed by atoms with E-state index in [0.29, 0.717) is 17.8 Å². The Hall–Kier alpha value is -2.55. The summed E-state index contributed by atoms with van der Waals surface area (Å²) in [5.74, 6) is 0.814. The largest absolute Gasteiger partial charge is 0.397 e. The molecular formula is C11H12N6. The van der Waals surface area contributed by atoms with Gasteiger partial charge in [0.2, 0.25) is 0 Å². The maximum absolute atomic E-state index is 8.72. The summed E-state index contributed by atoms with van der Waals surface area (Å²) in [4.78, 5) is 0. The molecule has 0 fully saturated rings. The minimum absolute atomic E-state index is 0.534. The average molecular weight is 228 g/mol. The molecule has 0 spiro atoms. The van der Waals surface area contributed by atoms with Crippen LogP contribution >= 0.6 is 0 Å². The standard InChI is InChI=1S/C11H12N6/c1-17-7-15-16-11(17)6-14-10-3-2-8(5-12)4-9(10)13/h2-4,7,14H,6,13H2,1H3. The van der Waals surface area contributed by atoms with E-state index < -0.39 is 0 Å². The van der Waals surface area contributed by atoms with E-state index >= 15 is 0 Å². The van der Waals surface area contributed by atoms with Gasteiger partial charge < -0.3 is 15.6 Å². The van der Waals surface area contributed by atoms with E-state index in [1.165, 1.54) is 0 Å². The maximum atomic E-state index is 8.72. The normalized spacial score (nSPS) is 9.88. The second-order valence-electron chi connectivity index (χ2n) is 3.63. The van der Waals surface area contributed by atoms with Crippen LogP contribution in [0.1, 0.15) is 11.4 Å². The van der Waals surface area contributed by atoms with Crippen molar-refractivity contribution in [3.05, 3.63) is 35.9 Å². The first-order valence-corrected chi connectivity index (χ1v) is 5.07. The molecule has 0 unspecified atom stereocenters. The molecule has 2 aromatic rings. The summed E-state index contributed by atoms with van der Waals surface area (Å²) in [6, 6.07) is 7.18. The van der Waals surface area contributed by atoms with Crippen LogP contribution in [0.15, 0.2) is 24.5 Å². The third kappa shape index (κ3) is 2.34. The highest BCUT2D eigenvalue weighted by Crippen LogP contribution is 2.19. The van der Waals surface area contributed by atoms with Crippen LogP contribution in [0.5, 0.6) is 0 Å². The lowest BCUT2D eigenvalue weighted by Crippen LogP contribution is -2.07. The number of nitriles is 1. The monoisotopic (exact) mass is 228 g/mol. The highest BCUT2D eigenvalue weighted by atomic mass is 15.3. The summed E-state index contributed by atoms with van der Waals surface area (Å²) < 4.78 is 1.83. The number of hydrogen-bond acceptors (Lipinski definition) is 5. The van der Waals surface area contributed by atoms with Crippen molar-refractivity contribution >= 4 is 11.4 Å². The van der Waals surface area contributed by atoms with Gasteiger partial charge in [0.15, 0.2) is 5.82 Å². The number of benzene rings is 1. The second-order valence-corrected chi connectivity index (χ2v) is 3.63. The molecule has 6 heteroatoms. The highest BCUT2D eigenvalue weighted by Gasteiger charge is 2.03. The zero-order chi connectivity index (χ0) is 12.3. The Morgan fingerprint density at radius 1 is 1.53 bits per heavy atom. The molecule has 0 amide bonds. The van der Waals surface area contributed by atoms with Crippen LogP contribution in [0.4, 0.5) is 11.4 Å². The zero-order valence-electron chi connectivity index (χ0n) is 9.38. The fourth-order valence-corrected chi connectivity index (χ4v) is 1.43. The van der Waals surface area contributed by atoms with Crippen LogP contribution in [0, 0.1) is 11.3 Å². The molecule has 1 heterocycles. The number of nitrogens with one attached hydrogen (secondary N) is 1. The third-order valence-electron chi connectivity index (χ3n) is 2.42. The average Bonchev–Trinajstić information content (AvgIpc) is 2.73. The molecule has 1 aromatic heterocycles. The van der Waals surface area contributed by atoms with Crippen molar-refractivity contribution in [2.75, 3.05) is 11.1 Å². The predicted octanol–water partition coefficient (Wildman–Crippen LogP) is 0.881. The molecule has 0 radical (unpaired) electrons. The summed E-state index contributed by atoms with van der Waals surface area (Å²) in [6.07, 6.45) is 1.64. The number of aromatic nitrogens is 3. The number of rotatable bonds is 3. The molecule has 1 aromatic carbocycles. The SMILES string of the molecule is Cn1cnnc1CNc1ccc(C#N)cc1N. The van der Waals surface area contributed by atoms with Gasteiger partial charge >= 0.3 is 0 Å². The molecule has 0 aliphatic rings. The Morgan fingerprint density at radius 3 is 2.94 bits per heavy atom. The molecule has 86 valence electrons. The van der Waals surface area contributed by atoms with E-state index in [9.17, 15) is 0 Å². The Balaban J connectivity index is 2.10. The Kier molecular flexibility index (Phi) is 2.92. The van der Waals surface area contributed by atoms with Crippen LogP contribution in [-0.2, 0) is 13.6 Å². The lowest BCUT2D eigenvalue weighted by atomic mass is 10.2. The Labute approximate surface area is 98.7 Å². The Morgan fingerprint density at radius 2 is 2.35 bits per heavy atom. The summed E-state index contributed by atoms with van der Waals surface area (Å²) in [5.41, 5.74) is 7.70.